The zero-order valence-electron chi connectivity index (χ0n) is 36.1. The number of carbonyl (C=O) groups is 2. The quantitative estimate of drug-likeness (QED) is 0.0505. The molecule has 4 aliphatic rings. The van der Waals surface area contributed by atoms with E-state index in [4.69, 9.17) is 49.2 Å². The van der Waals surface area contributed by atoms with Gasteiger partial charge in [-0.25, -0.2) is 13.6 Å². The number of carboxylic acid groups (broad SMARTS) is 1. The Bertz CT molecular complexity index is 2430. The molecule has 13 nitrogen and oxygen atoms in total. The van der Waals surface area contributed by atoms with Crippen molar-refractivity contribution >= 4 is 70.0 Å². The van der Waals surface area contributed by atoms with Crippen molar-refractivity contribution in [1.29, 1.82) is 0 Å². The second kappa shape index (κ2) is 23.1. The molecule has 4 aromatic carbocycles. The molecular formula is C46H46Cl2F8N6O7. The summed E-state index contributed by atoms with van der Waals surface area (Å²) in [6, 6.07) is 17.3. The second-order valence-electron chi connectivity index (χ2n) is 16.3. The molecule has 4 saturated heterocycles. The van der Waals surface area contributed by atoms with Crippen molar-refractivity contribution in [2.45, 2.75) is 24.8 Å². The molecule has 69 heavy (non-hydrogen) atoms. The molecule has 4 bridgehead atoms. The second-order valence-corrected chi connectivity index (χ2v) is 17.1. The Hall–Kier alpha value is -6.00. The molecule has 8 N–H and O–H groups in total. The van der Waals surface area contributed by atoms with Crippen molar-refractivity contribution in [3.63, 3.8) is 0 Å². The van der Waals surface area contributed by atoms with E-state index in [1.165, 1.54) is 36.4 Å². The van der Waals surface area contributed by atoms with Crippen LogP contribution in [-0.2, 0) is 19.1 Å². The zero-order valence-corrected chi connectivity index (χ0v) is 37.6. The van der Waals surface area contributed by atoms with Crippen LogP contribution < -0.4 is 36.9 Å². The number of benzene rings is 4. The molecule has 4 heterocycles. The molecule has 1 amide bonds. The molecule has 2 unspecified atom stereocenters. The Morgan fingerprint density at radius 1 is 0.667 bits per heavy atom. The molecule has 6 atom stereocenters. The molecule has 0 aliphatic carbocycles. The molecule has 0 aromatic heterocycles. The number of nitrogens with two attached hydrogens (primary N) is 2. The smallest absolute Gasteiger partial charge is 0.478 e. The number of carbonyl (C=O) groups excluding carboxylic acids is 1. The number of rotatable bonds is 10. The number of nitrogens with zero attached hydrogens (tertiary/aromatic N) is 1. The topological polar surface area (TPSA) is 183 Å². The maximum Gasteiger partial charge on any atom is 0.573 e. The van der Waals surface area contributed by atoms with E-state index < -0.39 is 30.2 Å². The minimum atomic E-state index is -4.91. The number of anilines is 4. The standard InChI is InChI=1S/C23H22ClF4N3O3.C13H17FN2O.C10H7ClF3NO3/c24-18-8-19(29)13(7-20(18)34-23(26,27)28)1-6-21(32)31-9-14-11-33-12-15(10-31)22(14)30-17-4-2-16(25)3-5-17;14-11-1-3-12(4-2-11)16-13-9-5-15-6-10(13)8-17-7-9;11-6-4-7(15)5(1-2-9(16)17)3-8(6)18-10(12,13)14/h1-8,14-15,22,30H,9-12,29H2;1-4,9-10,13,15-16H,5-8H2;1-4H,15H2,(H,16,17)/b6-1+;;2-1+/t14-,15+,22?;9-,10+,13?;. The van der Waals surface area contributed by atoms with Gasteiger partial charge in [-0.3, -0.25) is 4.79 Å². The van der Waals surface area contributed by atoms with Gasteiger partial charge in [0.1, 0.15) is 23.1 Å². The maximum atomic E-state index is 13.2. The first-order chi connectivity index (χ1) is 32.6. The molecule has 0 spiro atoms. The lowest BCUT2D eigenvalue weighted by molar-refractivity contribution is -0.275. The summed E-state index contributed by atoms with van der Waals surface area (Å²) in [6.45, 7) is 5.39. The van der Waals surface area contributed by atoms with Gasteiger partial charge in [-0.2, -0.15) is 0 Å². The van der Waals surface area contributed by atoms with E-state index in [1.807, 2.05) is 0 Å². The number of nitrogen functional groups attached to an aromatic ring is 2. The minimum Gasteiger partial charge on any atom is -0.478 e. The number of carboxylic acids is 1. The number of hydrogen-bond acceptors (Lipinski definition) is 11. The Morgan fingerprint density at radius 3 is 1.46 bits per heavy atom. The van der Waals surface area contributed by atoms with Gasteiger partial charge < -0.3 is 56.4 Å². The Labute approximate surface area is 400 Å². The van der Waals surface area contributed by atoms with Gasteiger partial charge in [-0.15, -0.1) is 26.3 Å². The van der Waals surface area contributed by atoms with Gasteiger partial charge in [0, 0.05) is 108 Å². The van der Waals surface area contributed by atoms with Crippen molar-refractivity contribution in [3.05, 3.63) is 118 Å². The number of nitrogens with one attached hydrogen (secondary N) is 3. The highest BCUT2D eigenvalue weighted by atomic mass is 35.5. The number of alkyl halides is 6. The highest BCUT2D eigenvalue weighted by Crippen LogP contribution is 2.37. The third-order valence-corrected chi connectivity index (χ3v) is 11.9. The van der Waals surface area contributed by atoms with Gasteiger partial charge in [0.15, 0.2) is 0 Å². The lowest BCUT2D eigenvalue weighted by atomic mass is 9.82. The summed E-state index contributed by atoms with van der Waals surface area (Å²) in [4.78, 5) is 24.8. The first kappa shape index (κ1) is 52.4. The lowest BCUT2D eigenvalue weighted by Gasteiger charge is -2.47. The van der Waals surface area contributed by atoms with Crippen molar-refractivity contribution in [2.75, 3.05) is 74.7 Å². The van der Waals surface area contributed by atoms with Gasteiger partial charge >= 0.3 is 18.7 Å². The van der Waals surface area contributed by atoms with Crippen LogP contribution in [0, 0.1) is 35.3 Å². The van der Waals surface area contributed by atoms with Crippen LogP contribution in [0.1, 0.15) is 11.1 Å². The summed E-state index contributed by atoms with van der Waals surface area (Å²) in [5, 5.41) is 18.2. The van der Waals surface area contributed by atoms with E-state index in [2.05, 4.69) is 25.4 Å². The van der Waals surface area contributed by atoms with Crippen LogP contribution in [0.2, 0.25) is 10.0 Å². The van der Waals surface area contributed by atoms with Crippen LogP contribution >= 0.6 is 23.2 Å². The van der Waals surface area contributed by atoms with Crippen LogP contribution in [0.25, 0.3) is 12.2 Å². The number of piperidine rings is 2. The largest absolute Gasteiger partial charge is 0.573 e. The molecule has 372 valence electrons. The lowest BCUT2D eigenvalue weighted by Crippen LogP contribution is -2.59. The van der Waals surface area contributed by atoms with Crippen LogP contribution in [0.3, 0.4) is 0 Å². The van der Waals surface area contributed by atoms with E-state index in [-0.39, 0.29) is 68.0 Å². The third-order valence-electron chi connectivity index (χ3n) is 11.3. The first-order valence-corrected chi connectivity index (χ1v) is 21.8. The van der Waals surface area contributed by atoms with Crippen LogP contribution in [0.5, 0.6) is 11.5 Å². The number of aliphatic carboxylic acids is 1. The van der Waals surface area contributed by atoms with Gasteiger partial charge in [-0.05, 0) is 84.9 Å². The molecule has 4 fully saturated rings. The van der Waals surface area contributed by atoms with E-state index in [1.54, 1.807) is 29.2 Å². The summed E-state index contributed by atoms with van der Waals surface area (Å²) < 4.78 is 119. The Kier molecular flexibility index (Phi) is 17.5. The van der Waals surface area contributed by atoms with Crippen molar-refractivity contribution in [3.8, 4) is 11.5 Å². The molecule has 4 aromatic rings. The van der Waals surface area contributed by atoms with Gasteiger partial charge in [0.2, 0.25) is 5.91 Å². The maximum absolute atomic E-state index is 13.2. The number of fused-ring (bicyclic) bond motifs is 4. The Balaban J connectivity index is 0.000000188. The van der Waals surface area contributed by atoms with E-state index in [0.29, 0.717) is 44.2 Å². The first-order valence-electron chi connectivity index (χ1n) is 21.1. The third kappa shape index (κ3) is 15.5. The van der Waals surface area contributed by atoms with Gasteiger partial charge in [-0.1, -0.05) is 23.2 Å². The number of likely N-dealkylation sites (tertiary alicyclic amines) is 1. The summed E-state index contributed by atoms with van der Waals surface area (Å²) in [5.41, 5.74) is 13.5. The average Bonchev–Trinajstić information content (AvgIpc) is 3.25. The molecule has 4 aliphatic heterocycles. The van der Waals surface area contributed by atoms with Crippen LogP contribution in [0.4, 0.5) is 57.9 Å². The zero-order chi connectivity index (χ0) is 50.0. The molecular weight excluding hydrogens is 971 g/mol. The van der Waals surface area contributed by atoms with Crippen molar-refractivity contribution in [2.24, 2.45) is 23.7 Å². The molecule has 0 radical (unpaired) electrons. The van der Waals surface area contributed by atoms with E-state index in [9.17, 15) is 44.7 Å². The highest BCUT2D eigenvalue weighted by molar-refractivity contribution is 6.32. The number of amides is 1. The number of hydrogen-bond donors (Lipinski definition) is 6. The van der Waals surface area contributed by atoms with Crippen molar-refractivity contribution < 1.29 is 68.8 Å². The predicted octanol–water partition coefficient (Wildman–Crippen LogP) is 8.95. The predicted molar refractivity (Wildman–Crippen MR) is 243 cm³/mol. The summed E-state index contributed by atoms with van der Waals surface area (Å²) in [7, 11) is 0. The highest BCUT2D eigenvalue weighted by Gasteiger charge is 2.42. The van der Waals surface area contributed by atoms with Crippen molar-refractivity contribution in [1.82, 2.24) is 10.2 Å². The molecule has 0 saturated carbocycles. The fraction of sp³-hybridized carbons (Fsp3) is 0.348. The molecule has 23 heteroatoms. The van der Waals surface area contributed by atoms with E-state index in [0.717, 1.165) is 74.1 Å². The summed E-state index contributed by atoms with van der Waals surface area (Å²) in [5.74, 6) is -2.28. The number of halogens is 10. The average molecular weight is 1020 g/mol. The van der Waals surface area contributed by atoms with E-state index >= 15 is 0 Å². The summed E-state index contributed by atoms with van der Waals surface area (Å²) in [6.07, 6.45) is -5.43. The van der Waals surface area contributed by atoms with Crippen LogP contribution in [-0.4, -0.2) is 99.3 Å². The summed E-state index contributed by atoms with van der Waals surface area (Å²) >= 11 is 11.3. The van der Waals surface area contributed by atoms with Gasteiger partial charge in [0.05, 0.1) is 36.5 Å². The van der Waals surface area contributed by atoms with Gasteiger partial charge in [0.25, 0.3) is 0 Å². The fourth-order valence-corrected chi connectivity index (χ4v) is 8.57. The SMILES string of the molecule is Fc1ccc(NC2[C@@H]3CNC[C@H]2COC3)cc1.Nc1cc(Cl)c(OC(F)(F)F)cc1/C=C/C(=O)N1C[C@H]2COC[C@@H](C1)C2Nc1ccc(F)cc1.Nc1cc(Cl)c(OC(F)(F)F)cc1/C=C/C(=O)O. The normalized spacial score (nSPS) is 22.1. The minimum absolute atomic E-state index is 0.0160. The molecule has 8 rings (SSSR count). The Morgan fingerprint density at radius 2 is 1.06 bits per heavy atom. The monoisotopic (exact) mass is 1020 g/mol. The van der Waals surface area contributed by atoms with Crippen LogP contribution in [0.15, 0.2) is 84.9 Å². The fourth-order valence-electron chi connectivity index (χ4n) is 8.14. The number of ether oxygens (including phenoxy) is 4.